The van der Waals surface area contributed by atoms with Gasteiger partial charge in [0.05, 0.1) is 19.2 Å². The molecule has 4 rings (SSSR count). The average molecular weight is 446 g/mol. The van der Waals surface area contributed by atoms with E-state index in [4.69, 9.17) is 9.47 Å². The first-order valence-electron chi connectivity index (χ1n) is 10.3. The van der Waals surface area contributed by atoms with E-state index in [0.717, 1.165) is 16.7 Å². The molecule has 168 valence electrons. The number of benzene rings is 3. The van der Waals surface area contributed by atoms with Crippen LogP contribution in [0.5, 0.6) is 5.75 Å². The maximum Gasteiger partial charge on any atom is 0.337 e. The van der Waals surface area contributed by atoms with E-state index in [2.05, 4.69) is 15.4 Å². The second kappa shape index (κ2) is 10.4. The van der Waals surface area contributed by atoms with Gasteiger partial charge in [0.15, 0.2) is 11.6 Å². The molecule has 0 spiro atoms. The van der Waals surface area contributed by atoms with Crippen molar-refractivity contribution < 1.29 is 18.7 Å². The van der Waals surface area contributed by atoms with Crippen LogP contribution in [-0.2, 0) is 24.4 Å². The number of hydrogen-bond acceptors (Lipinski definition) is 6. The molecule has 1 aromatic heterocycles. The summed E-state index contributed by atoms with van der Waals surface area (Å²) in [6, 6.07) is 19.8. The minimum absolute atomic E-state index is 0.199. The third-order valence-corrected chi connectivity index (χ3v) is 4.96. The quantitative estimate of drug-likeness (QED) is 0.383. The van der Waals surface area contributed by atoms with E-state index in [1.54, 1.807) is 35.3 Å². The van der Waals surface area contributed by atoms with Gasteiger partial charge in [0.2, 0.25) is 0 Å². The molecule has 4 aromatic rings. The van der Waals surface area contributed by atoms with Crippen LogP contribution in [0.25, 0.3) is 0 Å². The zero-order chi connectivity index (χ0) is 23.0. The van der Waals surface area contributed by atoms with E-state index in [1.807, 2.05) is 36.4 Å². The molecule has 0 fully saturated rings. The molecule has 0 atom stereocenters. The number of rotatable bonds is 9. The van der Waals surface area contributed by atoms with Crippen LogP contribution in [0, 0.1) is 5.82 Å². The maximum absolute atomic E-state index is 14.5. The summed E-state index contributed by atoms with van der Waals surface area (Å²) in [4.78, 5) is 16.0. The number of nitrogens with one attached hydrogen (secondary N) is 1. The van der Waals surface area contributed by atoms with Crippen molar-refractivity contribution in [3.8, 4) is 5.75 Å². The molecule has 0 aliphatic carbocycles. The van der Waals surface area contributed by atoms with Crippen LogP contribution in [0.2, 0.25) is 0 Å². The van der Waals surface area contributed by atoms with Crippen molar-refractivity contribution in [2.45, 2.75) is 19.7 Å². The number of hydrogen-bond donors (Lipinski definition) is 1. The monoisotopic (exact) mass is 446 g/mol. The highest BCUT2D eigenvalue weighted by Crippen LogP contribution is 2.22. The summed E-state index contributed by atoms with van der Waals surface area (Å²) in [5.74, 6) is -0.671. The Balaban J connectivity index is 1.44. The third kappa shape index (κ3) is 5.94. The Bertz CT molecular complexity index is 1210. The van der Waals surface area contributed by atoms with Crippen molar-refractivity contribution in [1.29, 1.82) is 0 Å². The SMILES string of the molecule is COC(=O)c1cc(Cn2cncn2)cc(NCc2ccc(OCc3ccccc3)c(F)c2)c1. The summed E-state index contributed by atoms with van der Waals surface area (Å²) in [5.41, 5.74) is 3.67. The van der Waals surface area contributed by atoms with Crippen LogP contribution >= 0.6 is 0 Å². The van der Waals surface area contributed by atoms with E-state index >= 15 is 0 Å². The van der Waals surface area contributed by atoms with Crippen molar-refractivity contribution in [2.24, 2.45) is 0 Å². The normalized spacial score (nSPS) is 10.6. The van der Waals surface area contributed by atoms with Gasteiger partial charge in [-0.25, -0.2) is 18.9 Å². The molecule has 7 nitrogen and oxygen atoms in total. The van der Waals surface area contributed by atoms with Gasteiger partial charge in [-0.1, -0.05) is 36.4 Å². The maximum atomic E-state index is 14.5. The van der Waals surface area contributed by atoms with Gasteiger partial charge in [0.1, 0.15) is 19.3 Å². The van der Waals surface area contributed by atoms with Crippen molar-refractivity contribution in [2.75, 3.05) is 12.4 Å². The fourth-order valence-corrected chi connectivity index (χ4v) is 3.33. The first kappa shape index (κ1) is 22.0. The second-order valence-corrected chi connectivity index (χ2v) is 7.40. The van der Waals surface area contributed by atoms with Gasteiger partial charge in [-0.3, -0.25) is 0 Å². The minimum atomic E-state index is -0.440. The molecule has 0 radical (unpaired) electrons. The molecule has 3 aromatic carbocycles. The van der Waals surface area contributed by atoms with Crippen LogP contribution in [0.3, 0.4) is 0 Å². The molecule has 8 heteroatoms. The smallest absolute Gasteiger partial charge is 0.337 e. The number of halogens is 1. The van der Waals surface area contributed by atoms with E-state index in [0.29, 0.717) is 30.9 Å². The molecule has 33 heavy (non-hydrogen) atoms. The molecule has 0 saturated carbocycles. The van der Waals surface area contributed by atoms with Crippen molar-refractivity contribution >= 4 is 11.7 Å². The lowest BCUT2D eigenvalue weighted by Crippen LogP contribution is -2.08. The highest BCUT2D eigenvalue weighted by atomic mass is 19.1. The van der Waals surface area contributed by atoms with Gasteiger partial charge in [-0.2, -0.15) is 5.10 Å². The fourth-order valence-electron chi connectivity index (χ4n) is 3.33. The molecule has 0 aliphatic heterocycles. The van der Waals surface area contributed by atoms with Crippen LogP contribution in [-0.4, -0.2) is 27.8 Å². The number of nitrogens with zero attached hydrogens (tertiary/aromatic N) is 3. The second-order valence-electron chi connectivity index (χ2n) is 7.40. The molecule has 0 amide bonds. The number of aromatic nitrogens is 3. The number of methoxy groups -OCH3 is 1. The summed E-state index contributed by atoms with van der Waals surface area (Å²) in [7, 11) is 1.34. The van der Waals surface area contributed by atoms with Gasteiger partial charge < -0.3 is 14.8 Å². The van der Waals surface area contributed by atoms with Crippen molar-refractivity contribution in [1.82, 2.24) is 14.8 Å². The Morgan fingerprint density at radius 1 is 1.03 bits per heavy atom. The van der Waals surface area contributed by atoms with Crippen LogP contribution in [0.1, 0.15) is 27.0 Å². The number of carbonyl (C=O) groups is 1. The highest BCUT2D eigenvalue weighted by molar-refractivity contribution is 5.90. The molecular weight excluding hydrogens is 423 g/mol. The van der Waals surface area contributed by atoms with Crippen LogP contribution in [0.4, 0.5) is 10.1 Å². The van der Waals surface area contributed by atoms with E-state index in [1.165, 1.54) is 19.5 Å². The molecule has 0 bridgehead atoms. The van der Waals surface area contributed by atoms with Crippen LogP contribution < -0.4 is 10.1 Å². The summed E-state index contributed by atoms with van der Waals surface area (Å²) >= 11 is 0. The van der Waals surface area contributed by atoms with Crippen molar-refractivity contribution in [3.05, 3.63) is 107 Å². The highest BCUT2D eigenvalue weighted by Gasteiger charge is 2.11. The minimum Gasteiger partial charge on any atom is -0.486 e. The molecular formula is C25H23FN4O3. The molecule has 0 aliphatic rings. The third-order valence-electron chi connectivity index (χ3n) is 4.96. The Labute approximate surface area is 190 Å². The largest absolute Gasteiger partial charge is 0.486 e. The number of anilines is 1. The first-order valence-corrected chi connectivity index (χ1v) is 10.3. The predicted molar refractivity (Wildman–Crippen MR) is 121 cm³/mol. The number of carbonyl (C=O) groups excluding carboxylic acids is 1. The van der Waals surface area contributed by atoms with Gasteiger partial charge in [-0.15, -0.1) is 0 Å². The summed E-state index contributed by atoms with van der Waals surface area (Å²) in [6.45, 7) is 1.11. The zero-order valence-electron chi connectivity index (χ0n) is 18.1. The Morgan fingerprint density at radius 2 is 1.88 bits per heavy atom. The molecule has 0 unspecified atom stereocenters. The Kier molecular flexibility index (Phi) is 6.94. The lowest BCUT2D eigenvalue weighted by Gasteiger charge is -2.12. The molecule has 0 saturated heterocycles. The lowest BCUT2D eigenvalue weighted by atomic mass is 10.1. The number of esters is 1. The van der Waals surface area contributed by atoms with E-state index in [-0.39, 0.29) is 5.75 Å². The number of ether oxygens (including phenoxy) is 2. The standard InChI is InChI=1S/C25H23FN4O3/c1-32-25(31)21-9-20(14-30-17-27-16-29-30)10-22(12-21)28-13-19-7-8-24(23(26)11-19)33-15-18-5-3-2-4-6-18/h2-12,16-17,28H,13-15H2,1H3. The Morgan fingerprint density at radius 3 is 2.61 bits per heavy atom. The molecule has 1 heterocycles. The van der Waals surface area contributed by atoms with Gasteiger partial charge in [0, 0.05) is 12.2 Å². The molecule has 1 N–H and O–H groups in total. The average Bonchev–Trinajstić information content (AvgIpc) is 3.35. The van der Waals surface area contributed by atoms with E-state index < -0.39 is 11.8 Å². The zero-order valence-corrected chi connectivity index (χ0v) is 18.1. The topological polar surface area (TPSA) is 78.3 Å². The van der Waals surface area contributed by atoms with Gasteiger partial charge in [0.25, 0.3) is 0 Å². The fraction of sp³-hybridized carbons (Fsp3) is 0.160. The predicted octanol–water partition coefficient (Wildman–Crippen LogP) is 4.44. The summed E-state index contributed by atoms with van der Waals surface area (Å²) < 4.78 is 26.7. The van der Waals surface area contributed by atoms with Crippen molar-refractivity contribution in [3.63, 3.8) is 0 Å². The first-order chi connectivity index (χ1) is 16.1. The van der Waals surface area contributed by atoms with Crippen LogP contribution in [0.15, 0.2) is 79.4 Å². The lowest BCUT2D eigenvalue weighted by molar-refractivity contribution is 0.0600. The summed E-state index contributed by atoms with van der Waals surface area (Å²) in [5, 5.41) is 7.34. The van der Waals surface area contributed by atoms with Gasteiger partial charge >= 0.3 is 5.97 Å². The van der Waals surface area contributed by atoms with E-state index in [9.17, 15) is 9.18 Å². The summed E-state index contributed by atoms with van der Waals surface area (Å²) in [6.07, 6.45) is 3.05. The van der Waals surface area contributed by atoms with Gasteiger partial charge in [-0.05, 0) is 47.0 Å². The Hall–Kier alpha value is -4.20.